The van der Waals surface area contributed by atoms with E-state index in [2.05, 4.69) is 21.8 Å². The largest absolute Gasteiger partial charge is 0.309 e. The van der Waals surface area contributed by atoms with Gasteiger partial charge in [-0.1, -0.05) is 19.1 Å². The molecule has 0 aliphatic carbocycles. The Balaban J connectivity index is 1.87. The molecule has 0 saturated carbocycles. The molecule has 2 aromatic rings. The molecule has 1 aromatic heterocycles. The van der Waals surface area contributed by atoms with Gasteiger partial charge in [0.05, 0.1) is 17.4 Å². The molecule has 0 bridgehead atoms. The van der Waals surface area contributed by atoms with E-state index in [0.29, 0.717) is 5.39 Å². The Hall–Kier alpha value is -1.68. The number of aromatic nitrogens is 2. The second-order valence-corrected chi connectivity index (χ2v) is 5.51. The first-order valence-corrected chi connectivity index (χ1v) is 6.92. The first-order valence-electron chi connectivity index (χ1n) is 6.92. The normalized spacial score (nSPS) is 20.8. The maximum absolute atomic E-state index is 12.0. The molecule has 0 radical (unpaired) electrons. The number of aromatic amines is 1. The van der Waals surface area contributed by atoms with Crippen LogP contribution in [0.25, 0.3) is 10.9 Å². The number of nitrogens with one attached hydrogen (secondary N) is 1. The third-order valence-corrected chi connectivity index (χ3v) is 3.78. The second-order valence-electron chi connectivity index (χ2n) is 5.51. The van der Waals surface area contributed by atoms with Gasteiger partial charge >= 0.3 is 0 Å². The summed E-state index contributed by atoms with van der Waals surface area (Å²) in [5, 5.41) is 0.665. The van der Waals surface area contributed by atoms with Crippen LogP contribution in [0.4, 0.5) is 0 Å². The van der Waals surface area contributed by atoms with Gasteiger partial charge in [0, 0.05) is 6.54 Å². The average molecular weight is 257 g/mol. The summed E-state index contributed by atoms with van der Waals surface area (Å²) in [6.07, 6.45) is 2.54. The highest BCUT2D eigenvalue weighted by Gasteiger charge is 2.17. The number of piperidine rings is 1. The minimum atomic E-state index is -0.0364. The number of hydrogen-bond acceptors (Lipinski definition) is 3. The van der Waals surface area contributed by atoms with Gasteiger partial charge in [0.15, 0.2) is 0 Å². The van der Waals surface area contributed by atoms with Crippen molar-refractivity contribution in [1.82, 2.24) is 14.9 Å². The Morgan fingerprint density at radius 1 is 1.42 bits per heavy atom. The van der Waals surface area contributed by atoms with Crippen LogP contribution in [0.15, 0.2) is 29.1 Å². The van der Waals surface area contributed by atoms with Crippen molar-refractivity contribution in [3.63, 3.8) is 0 Å². The number of hydrogen-bond donors (Lipinski definition) is 1. The van der Waals surface area contributed by atoms with Gasteiger partial charge in [-0.25, -0.2) is 4.98 Å². The third kappa shape index (κ3) is 2.68. The fraction of sp³-hybridized carbons (Fsp3) is 0.467. The van der Waals surface area contributed by atoms with Crippen molar-refractivity contribution < 1.29 is 0 Å². The molecule has 4 heteroatoms. The van der Waals surface area contributed by atoms with Gasteiger partial charge in [0.2, 0.25) is 0 Å². The van der Waals surface area contributed by atoms with E-state index in [1.807, 2.05) is 24.3 Å². The van der Waals surface area contributed by atoms with E-state index >= 15 is 0 Å². The molecule has 1 aliphatic heterocycles. The summed E-state index contributed by atoms with van der Waals surface area (Å²) >= 11 is 0. The SMILES string of the molecule is C[C@@H]1CCCN(Cc2nc3ccccc3c(=O)[nH]2)C1. The molecule has 3 rings (SSSR count). The maximum Gasteiger partial charge on any atom is 0.258 e. The molecule has 100 valence electrons. The molecule has 1 aliphatic rings. The predicted octanol–water partition coefficient (Wildman–Crippen LogP) is 2.16. The summed E-state index contributed by atoms with van der Waals surface area (Å²) in [5.41, 5.74) is 0.747. The van der Waals surface area contributed by atoms with Crippen LogP contribution in [0.5, 0.6) is 0 Å². The Bertz CT molecular complexity index is 635. The fourth-order valence-electron chi connectivity index (χ4n) is 2.85. The summed E-state index contributed by atoms with van der Waals surface area (Å²) in [4.78, 5) is 21.8. The van der Waals surface area contributed by atoms with E-state index < -0.39 is 0 Å². The predicted molar refractivity (Wildman–Crippen MR) is 76.0 cm³/mol. The molecule has 0 unspecified atom stereocenters. The van der Waals surface area contributed by atoms with Crippen molar-refractivity contribution in [2.24, 2.45) is 5.92 Å². The Labute approximate surface area is 112 Å². The van der Waals surface area contributed by atoms with Crippen molar-refractivity contribution in [1.29, 1.82) is 0 Å². The van der Waals surface area contributed by atoms with Crippen molar-refractivity contribution in [2.75, 3.05) is 13.1 Å². The first-order chi connectivity index (χ1) is 9.22. The zero-order valence-corrected chi connectivity index (χ0v) is 11.2. The number of likely N-dealkylation sites (tertiary alicyclic amines) is 1. The molecule has 1 saturated heterocycles. The highest BCUT2D eigenvalue weighted by molar-refractivity contribution is 5.77. The average Bonchev–Trinajstić information content (AvgIpc) is 2.39. The van der Waals surface area contributed by atoms with Gasteiger partial charge in [-0.2, -0.15) is 0 Å². The molecule has 2 heterocycles. The van der Waals surface area contributed by atoms with Crippen LogP contribution >= 0.6 is 0 Å². The van der Waals surface area contributed by atoms with Crippen molar-refractivity contribution in [3.05, 3.63) is 40.4 Å². The van der Waals surface area contributed by atoms with E-state index in [1.54, 1.807) is 0 Å². The maximum atomic E-state index is 12.0. The van der Waals surface area contributed by atoms with Gasteiger partial charge in [0.1, 0.15) is 5.82 Å². The van der Waals surface area contributed by atoms with Crippen LogP contribution in [0, 0.1) is 5.92 Å². The van der Waals surface area contributed by atoms with Crippen LogP contribution in [0.3, 0.4) is 0 Å². The molecule has 0 spiro atoms. The minimum Gasteiger partial charge on any atom is -0.309 e. The number of nitrogens with zero attached hydrogens (tertiary/aromatic N) is 2. The molecular weight excluding hydrogens is 238 g/mol. The summed E-state index contributed by atoms with van der Waals surface area (Å²) in [6, 6.07) is 7.49. The number of benzene rings is 1. The Morgan fingerprint density at radius 3 is 3.11 bits per heavy atom. The number of rotatable bonds is 2. The fourth-order valence-corrected chi connectivity index (χ4v) is 2.85. The lowest BCUT2D eigenvalue weighted by Gasteiger charge is -2.30. The Morgan fingerprint density at radius 2 is 2.26 bits per heavy atom. The van der Waals surface area contributed by atoms with E-state index in [4.69, 9.17) is 0 Å². The lowest BCUT2D eigenvalue weighted by atomic mass is 10.0. The zero-order chi connectivity index (χ0) is 13.2. The monoisotopic (exact) mass is 257 g/mol. The van der Waals surface area contributed by atoms with E-state index in [0.717, 1.165) is 36.9 Å². The van der Waals surface area contributed by atoms with Crippen molar-refractivity contribution in [2.45, 2.75) is 26.3 Å². The molecule has 0 amide bonds. The number of H-pyrrole nitrogens is 1. The van der Waals surface area contributed by atoms with Gasteiger partial charge in [-0.15, -0.1) is 0 Å². The highest BCUT2D eigenvalue weighted by atomic mass is 16.1. The molecular formula is C15H19N3O. The van der Waals surface area contributed by atoms with Crippen LogP contribution in [-0.4, -0.2) is 28.0 Å². The zero-order valence-electron chi connectivity index (χ0n) is 11.2. The van der Waals surface area contributed by atoms with Crippen LogP contribution in [-0.2, 0) is 6.54 Å². The molecule has 1 atom stereocenters. The summed E-state index contributed by atoms with van der Waals surface area (Å²) < 4.78 is 0. The lowest BCUT2D eigenvalue weighted by molar-refractivity contribution is 0.173. The Kier molecular flexibility index (Phi) is 3.34. The van der Waals surface area contributed by atoms with Crippen LogP contribution in [0.1, 0.15) is 25.6 Å². The van der Waals surface area contributed by atoms with Crippen molar-refractivity contribution in [3.8, 4) is 0 Å². The first kappa shape index (κ1) is 12.4. The second kappa shape index (κ2) is 5.13. The summed E-state index contributed by atoms with van der Waals surface area (Å²) in [5.74, 6) is 1.51. The van der Waals surface area contributed by atoms with Gasteiger partial charge < -0.3 is 4.98 Å². The molecule has 1 aromatic carbocycles. The highest BCUT2D eigenvalue weighted by Crippen LogP contribution is 2.17. The minimum absolute atomic E-state index is 0.0364. The van der Waals surface area contributed by atoms with Crippen LogP contribution in [0.2, 0.25) is 0 Å². The van der Waals surface area contributed by atoms with Crippen molar-refractivity contribution >= 4 is 10.9 Å². The molecule has 4 nitrogen and oxygen atoms in total. The van der Waals surface area contributed by atoms with Gasteiger partial charge in [-0.3, -0.25) is 9.69 Å². The van der Waals surface area contributed by atoms with Crippen LogP contribution < -0.4 is 5.56 Å². The third-order valence-electron chi connectivity index (χ3n) is 3.78. The number of fused-ring (bicyclic) bond motifs is 1. The van der Waals surface area contributed by atoms with E-state index in [-0.39, 0.29) is 5.56 Å². The topological polar surface area (TPSA) is 49.0 Å². The number of para-hydroxylation sites is 1. The smallest absolute Gasteiger partial charge is 0.258 e. The molecule has 1 fully saturated rings. The standard InChI is InChI=1S/C15H19N3O/c1-11-5-4-8-18(9-11)10-14-16-13-7-3-2-6-12(13)15(19)17-14/h2-3,6-7,11H,4-5,8-10H2,1H3,(H,16,17,19)/t11-/m1/s1. The molecule has 19 heavy (non-hydrogen) atoms. The molecule has 1 N–H and O–H groups in total. The van der Waals surface area contributed by atoms with E-state index in [1.165, 1.54) is 12.8 Å². The lowest BCUT2D eigenvalue weighted by Crippen LogP contribution is -2.34. The van der Waals surface area contributed by atoms with E-state index in [9.17, 15) is 4.79 Å². The quantitative estimate of drug-likeness (QED) is 0.897. The van der Waals surface area contributed by atoms with Gasteiger partial charge in [-0.05, 0) is 37.4 Å². The summed E-state index contributed by atoms with van der Waals surface area (Å²) in [7, 11) is 0. The van der Waals surface area contributed by atoms with Gasteiger partial charge in [0.25, 0.3) is 5.56 Å². The summed E-state index contributed by atoms with van der Waals surface area (Å²) in [6.45, 7) is 5.21.